The highest BCUT2D eigenvalue weighted by Gasteiger charge is 2.34. The maximum absolute atomic E-state index is 13.9. The van der Waals surface area contributed by atoms with Crippen LogP contribution in [0.25, 0.3) is 11.3 Å². The van der Waals surface area contributed by atoms with Gasteiger partial charge in [0.2, 0.25) is 0 Å². The monoisotopic (exact) mass is 499 g/mol. The van der Waals surface area contributed by atoms with Gasteiger partial charge in [0.1, 0.15) is 12.4 Å². The first-order valence-electron chi connectivity index (χ1n) is 10.8. The van der Waals surface area contributed by atoms with Gasteiger partial charge in [-0.1, -0.05) is 18.2 Å². The normalized spacial score (nSPS) is 15.4. The van der Waals surface area contributed by atoms with E-state index in [0.717, 1.165) is 4.88 Å². The molecule has 1 aromatic carbocycles. The Morgan fingerprint density at radius 1 is 1.20 bits per heavy atom. The highest BCUT2D eigenvalue weighted by atomic mass is 32.1. The van der Waals surface area contributed by atoms with E-state index < -0.39 is 29.8 Å². The number of hydrogen-bond donors (Lipinski definition) is 2. The maximum atomic E-state index is 13.9. The molecule has 0 spiro atoms. The van der Waals surface area contributed by atoms with Crippen LogP contribution < -0.4 is 10.6 Å². The Bertz CT molecular complexity index is 1250. The number of aromatic nitrogens is 1. The standard InChI is InChI=1S/C24H22FN3O6S/c1-2-32-23(30)21-16(27-24(31)28-22(21)18-8-5-11-35-18)13-33-20(29)10-9-19-26-12-17(34-19)14-6-3-4-7-15(14)25/h3-8,11-12,22H,2,9-10,13H2,1H3,(H2,27,28,31). The molecule has 0 fully saturated rings. The number of oxazole rings is 1. The second kappa shape index (κ2) is 11.0. The van der Waals surface area contributed by atoms with E-state index in [1.54, 1.807) is 37.3 Å². The van der Waals surface area contributed by atoms with E-state index >= 15 is 0 Å². The van der Waals surface area contributed by atoms with Crippen LogP contribution in [-0.2, 0) is 25.5 Å². The summed E-state index contributed by atoms with van der Waals surface area (Å²) in [6.07, 6.45) is 1.45. The SMILES string of the molecule is CCOC(=O)C1=C(COC(=O)CCc2ncc(-c3ccccc3F)o2)NC(=O)NC1c1cccs1. The van der Waals surface area contributed by atoms with Crippen LogP contribution in [0.1, 0.15) is 30.2 Å². The van der Waals surface area contributed by atoms with Crippen LogP contribution in [0.3, 0.4) is 0 Å². The Labute approximate surface area is 203 Å². The van der Waals surface area contributed by atoms with E-state index in [0.29, 0.717) is 0 Å². The largest absolute Gasteiger partial charge is 0.463 e. The molecule has 1 aliphatic heterocycles. The molecule has 0 saturated heterocycles. The van der Waals surface area contributed by atoms with E-state index in [2.05, 4.69) is 15.6 Å². The summed E-state index contributed by atoms with van der Waals surface area (Å²) in [4.78, 5) is 42.1. The average Bonchev–Trinajstić information content (AvgIpc) is 3.54. The lowest BCUT2D eigenvalue weighted by molar-refractivity contribution is -0.143. The molecule has 0 bridgehead atoms. The van der Waals surface area contributed by atoms with Gasteiger partial charge in [0.15, 0.2) is 11.7 Å². The van der Waals surface area contributed by atoms with E-state index in [-0.39, 0.29) is 54.5 Å². The van der Waals surface area contributed by atoms with Crippen molar-refractivity contribution in [3.05, 3.63) is 75.8 Å². The number of amides is 2. The van der Waals surface area contributed by atoms with E-state index in [1.165, 1.54) is 23.6 Å². The van der Waals surface area contributed by atoms with Crippen molar-refractivity contribution in [2.75, 3.05) is 13.2 Å². The van der Waals surface area contributed by atoms with Crippen LogP contribution in [0.15, 0.2) is 63.7 Å². The first-order valence-corrected chi connectivity index (χ1v) is 11.7. The van der Waals surface area contributed by atoms with Gasteiger partial charge in [0.05, 0.1) is 42.1 Å². The molecule has 1 atom stereocenters. The van der Waals surface area contributed by atoms with Gasteiger partial charge in [0.25, 0.3) is 0 Å². The van der Waals surface area contributed by atoms with Gasteiger partial charge in [-0.2, -0.15) is 0 Å². The quantitative estimate of drug-likeness (QED) is 0.429. The topological polar surface area (TPSA) is 120 Å². The number of hydrogen-bond acceptors (Lipinski definition) is 8. The Morgan fingerprint density at radius 3 is 2.77 bits per heavy atom. The van der Waals surface area contributed by atoms with Gasteiger partial charge in [0, 0.05) is 11.3 Å². The minimum absolute atomic E-state index is 0.0696. The Balaban J connectivity index is 1.42. The van der Waals surface area contributed by atoms with Gasteiger partial charge in [-0.3, -0.25) is 4.79 Å². The van der Waals surface area contributed by atoms with Crippen LogP contribution in [0.5, 0.6) is 0 Å². The first-order chi connectivity index (χ1) is 17.0. The minimum Gasteiger partial charge on any atom is -0.463 e. The molecule has 4 rings (SSSR count). The molecule has 182 valence electrons. The van der Waals surface area contributed by atoms with Gasteiger partial charge >= 0.3 is 18.0 Å². The van der Waals surface area contributed by atoms with Crippen molar-refractivity contribution in [3.63, 3.8) is 0 Å². The third-order valence-electron chi connectivity index (χ3n) is 5.09. The molecule has 2 aromatic heterocycles. The van der Waals surface area contributed by atoms with Crippen LogP contribution >= 0.6 is 11.3 Å². The molecule has 3 aromatic rings. The third kappa shape index (κ3) is 5.75. The van der Waals surface area contributed by atoms with Crippen molar-refractivity contribution >= 4 is 29.3 Å². The van der Waals surface area contributed by atoms with E-state index in [1.807, 2.05) is 5.38 Å². The number of nitrogens with one attached hydrogen (secondary N) is 2. The van der Waals surface area contributed by atoms with E-state index in [4.69, 9.17) is 13.9 Å². The van der Waals surface area contributed by atoms with Gasteiger partial charge < -0.3 is 24.5 Å². The summed E-state index contributed by atoms with van der Waals surface area (Å²) >= 11 is 1.37. The van der Waals surface area contributed by atoms with E-state index in [9.17, 15) is 18.8 Å². The fourth-order valence-corrected chi connectivity index (χ4v) is 4.28. The molecule has 1 aliphatic rings. The second-order valence-corrected chi connectivity index (χ2v) is 8.40. The molecular formula is C24H22FN3O6S. The summed E-state index contributed by atoms with van der Waals surface area (Å²) in [5, 5.41) is 7.08. The zero-order chi connectivity index (χ0) is 24.8. The lowest BCUT2D eigenvalue weighted by atomic mass is 10.0. The Kier molecular flexibility index (Phi) is 7.56. The number of nitrogens with zero attached hydrogens (tertiary/aromatic N) is 1. The number of aryl methyl sites for hydroxylation is 1. The van der Waals surface area contributed by atoms with Crippen LogP contribution in [0.2, 0.25) is 0 Å². The molecule has 3 heterocycles. The summed E-state index contributed by atoms with van der Waals surface area (Å²) in [5.74, 6) is -1.14. The van der Waals surface area contributed by atoms with Crippen molar-refractivity contribution in [2.45, 2.75) is 25.8 Å². The number of carbonyl (C=O) groups excluding carboxylic acids is 3. The van der Waals surface area contributed by atoms with Crippen molar-refractivity contribution < 1.29 is 32.7 Å². The zero-order valence-corrected chi connectivity index (χ0v) is 19.5. The molecule has 1 unspecified atom stereocenters. The summed E-state index contributed by atoms with van der Waals surface area (Å²) in [7, 11) is 0. The van der Waals surface area contributed by atoms with Crippen LogP contribution in [0, 0.1) is 5.82 Å². The molecule has 2 N–H and O–H groups in total. The third-order valence-corrected chi connectivity index (χ3v) is 6.03. The lowest BCUT2D eigenvalue weighted by Gasteiger charge is -2.28. The molecule has 35 heavy (non-hydrogen) atoms. The minimum atomic E-state index is -0.722. The average molecular weight is 500 g/mol. The second-order valence-electron chi connectivity index (χ2n) is 7.42. The number of urea groups is 1. The summed E-state index contributed by atoms with van der Waals surface area (Å²) in [5.41, 5.74) is 0.593. The van der Waals surface area contributed by atoms with Gasteiger partial charge in [-0.05, 0) is 30.5 Å². The number of halogens is 1. The molecule has 0 aliphatic carbocycles. The summed E-state index contributed by atoms with van der Waals surface area (Å²) in [6, 6.07) is 8.48. The van der Waals surface area contributed by atoms with Crippen molar-refractivity contribution in [1.82, 2.24) is 15.6 Å². The summed E-state index contributed by atoms with van der Waals surface area (Å²) < 4.78 is 29.9. The molecule has 0 saturated carbocycles. The molecule has 0 radical (unpaired) electrons. The van der Waals surface area contributed by atoms with Gasteiger partial charge in [-0.15, -0.1) is 11.3 Å². The van der Waals surface area contributed by atoms with Crippen LogP contribution in [-0.4, -0.2) is 36.2 Å². The maximum Gasteiger partial charge on any atom is 0.338 e. The number of benzene rings is 1. The fraction of sp³-hybridized carbons (Fsp3) is 0.250. The zero-order valence-electron chi connectivity index (χ0n) is 18.7. The molecule has 11 heteroatoms. The highest BCUT2D eigenvalue weighted by Crippen LogP contribution is 2.31. The summed E-state index contributed by atoms with van der Waals surface area (Å²) in [6.45, 7) is 1.49. The lowest BCUT2D eigenvalue weighted by Crippen LogP contribution is -2.46. The molecule has 2 amide bonds. The number of carbonyl (C=O) groups is 3. The van der Waals surface area contributed by atoms with Gasteiger partial charge in [-0.25, -0.2) is 19.0 Å². The van der Waals surface area contributed by atoms with Crippen molar-refractivity contribution in [2.24, 2.45) is 0 Å². The number of esters is 2. The smallest absolute Gasteiger partial charge is 0.338 e. The fourth-order valence-electron chi connectivity index (χ4n) is 3.50. The molecular weight excluding hydrogens is 477 g/mol. The highest BCUT2D eigenvalue weighted by molar-refractivity contribution is 7.10. The number of ether oxygens (including phenoxy) is 2. The predicted molar refractivity (Wildman–Crippen MR) is 124 cm³/mol. The Morgan fingerprint density at radius 2 is 2.03 bits per heavy atom. The van der Waals surface area contributed by atoms with Crippen LogP contribution in [0.4, 0.5) is 9.18 Å². The van der Waals surface area contributed by atoms with Crippen molar-refractivity contribution in [3.8, 4) is 11.3 Å². The van der Waals surface area contributed by atoms with Crippen molar-refractivity contribution in [1.29, 1.82) is 0 Å². The predicted octanol–water partition coefficient (Wildman–Crippen LogP) is 3.89. The number of thiophene rings is 1. The first kappa shape index (κ1) is 24.1. The molecule has 9 nitrogen and oxygen atoms in total. The Hall–Kier alpha value is -3.99. The number of rotatable bonds is 9.